The molecule has 5 heterocycles. The van der Waals surface area contributed by atoms with Crippen LogP contribution in [0.1, 0.15) is 113 Å². The molecule has 0 aromatic carbocycles. The van der Waals surface area contributed by atoms with Gasteiger partial charge in [0.15, 0.2) is 25.2 Å². The summed E-state index contributed by atoms with van der Waals surface area (Å²) >= 11 is 0. The van der Waals surface area contributed by atoms with Crippen LogP contribution in [0.25, 0.3) is 0 Å². The van der Waals surface area contributed by atoms with Gasteiger partial charge in [0.25, 0.3) is 0 Å². The van der Waals surface area contributed by atoms with E-state index in [0.29, 0.717) is 18.8 Å². The number of rotatable bonds is 15. The van der Waals surface area contributed by atoms with E-state index in [1.807, 2.05) is 6.08 Å². The normalized spacial score (nSPS) is 53.1. The molecule has 9 aliphatic rings. The van der Waals surface area contributed by atoms with Crippen molar-refractivity contribution in [1.82, 2.24) is 0 Å². The molecule has 4 aliphatic carbocycles. The second kappa shape index (κ2) is 22.0. The van der Waals surface area contributed by atoms with Crippen molar-refractivity contribution in [3.05, 3.63) is 11.6 Å². The average molecular weight is 1090 g/mol. The predicted octanol–water partition coefficient (Wildman–Crippen LogP) is -0.337. The summed E-state index contributed by atoms with van der Waals surface area (Å²) in [6.45, 7) is 14.8. The number of aliphatic hydroxyl groups is 11. The summed E-state index contributed by atoms with van der Waals surface area (Å²) in [7, 11) is 1.21. The van der Waals surface area contributed by atoms with Crippen molar-refractivity contribution in [2.45, 2.75) is 248 Å². The summed E-state index contributed by atoms with van der Waals surface area (Å²) in [4.78, 5) is 14.5. The maximum Gasteiger partial charge on any atom is 0.316 e. The van der Waals surface area contributed by atoms with Crippen molar-refractivity contribution in [2.75, 3.05) is 26.9 Å². The summed E-state index contributed by atoms with van der Waals surface area (Å²) in [6.07, 6.45) is -22.1. The van der Waals surface area contributed by atoms with Crippen LogP contribution in [0.15, 0.2) is 11.6 Å². The lowest BCUT2D eigenvalue weighted by Crippen LogP contribution is -2.66. The summed E-state index contributed by atoms with van der Waals surface area (Å²) in [5, 5.41) is 122. The summed E-state index contributed by atoms with van der Waals surface area (Å²) in [5.74, 6) is 0.196. The van der Waals surface area contributed by atoms with Crippen LogP contribution in [0.2, 0.25) is 0 Å². The Balaban J connectivity index is 0.943. The van der Waals surface area contributed by atoms with Crippen LogP contribution in [0.5, 0.6) is 0 Å². The molecule has 11 N–H and O–H groups in total. The molecule has 3 saturated carbocycles. The highest BCUT2D eigenvalue weighted by atomic mass is 16.8. The zero-order valence-corrected chi connectivity index (χ0v) is 45.4. The van der Waals surface area contributed by atoms with Crippen molar-refractivity contribution < 1.29 is 108 Å². The van der Waals surface area contributed by atoms with E-state index in [9.17, 15) is 61.0 Å². The van der Waals surface area contributed by atoms with Gasteiger partial charge in [0.1, 0.15) is 96.5 Å². The topological polar surface area (TPSA) is 332 Å². The molecule has 9 rings (SSSR count). The largest absolute Gasteiger partial charge is 0.459 e. The van der Waals surface area contributed by atoms with Crippen LogP contribution in [-0.2, 0) is 52.2 Å². The van der Waals surface area contributed by atoms with E-state index in [4.69, 9.17) is 47.4 Å². The Morgan fingerprint density at radius 1 is 0.658 bits per heavy atom. The predicted molar refractivity (Wildman–Crippen MR) is 262 cm³/mol. The van der Waals surface area contributed by atoms with Crippen LogP contribution in [0, 0.1) is 45.3 Å². The zero-order chi connectivity index (χ0) is 55.4. The molecular weight excluding hydrogens is 1000 g/mol. The van der Waals surface area contributed by atoms with Gasteiger partial charge in [-0.15, -0.1) is 0 Å². The Hall–Kier alpha value is -1.59. The maximum atomic E-state index is 14.5. The van der Waals surface area contributed by atoms with E-state index in [2.05, 4.69) is 48.5 Å². The van der Waals surface area contributed by atoms with Gasteiger partial charge in [0.2, 0.25) is 0 Å². The number of ether oxygens (including phenoxy) is 10. The van der Waals surface area contributed by atoms with Crippen molar-refractivity contribution in [3.8, 4) is 0 Å². The average Bonchev–Trinajstić information content (AvgIpc) is 4.06. The van der Waals surface area contributed by atoms with Gasteiger partial charge >= 0.3 is 5.97 Å². The van der Waals surface area contributed by atoms with E-state index < -0.39 is 176 Å². The fraction of sp³-hybridized carbons (Fsp3) is 0.944. The number of allylic oxidation sites excluding steroid dienone is 1. The number of hydrogen-bond donors (Lipinski definition) is 11. The van der Waals surface area contributed by atoms with Gasteiger partial charge in [-0.05, 0) is 99.2 Å². The third kappa shape index (κ3) is 9.47. The minimum absolute atomic E-state index is 0.0140. The number of methoxy groups -OCH3 is 1. The second-order valence-electron chi connectivity index (χ2n) is 25.4. The lowest BCUT2D eigenvalue weighted by atomic mass is 9.40. The van der Waals surface area contributed by atoms with Gasteiger partial charge in [-0.2, -0.15) is 0 Å². The molecule has 76 heavy (non-hydrogen) atoms. The highest BCUT2D eigenvalue weighted by Crippen LogP contribution is 2.76. The Morgan fingerprint density at radius 3 is 1.92 bits per heavy atom. The summed E-state index contributed by atoms with van der Waals surface area (Å²) in [6, 6.07) is 0. The Kier molecular flexibility index (Phi) is 17.1. The lowest BCUT2D eigenvalue weighted by Gasteiger charge is -2.64. The van der Waals surface area contributed by atoms with Crippen molar-refractivity contribution in [2.24, 2.45) is 45.3 Å². The molecule has 28 atom stereocenters. The fourth-order valence-corrected chi connectivity index (χ4v) is 16.2. The number of cyclic esters (lactones) is 1. The standard InChI is InChI=1S/C54H88O22/c1-23(2)11-10-16-53(8)31-14-18-52(7)25-12-13-30-50(4,5)33(15-17-51(30,6)26(25)19-32(57)54(31,52)49(66)76-53)73-48-44(75-45-39(63)38(62)34(58)24(3)69-45)37(61)29(22-68-48)72-46-41(65)43(36(60)28(21-56)70-46)74-47-40(64)42(67-9)35(59)27(20-55)71-47/h19,23-25,27-48,55-65H,10-18,20-22H2,1-9H3/t24-,25-,27-,28-,29-,30+,31?,32-,33+,34-,35-,36-,37+,38+,39-,40-,41-,42+,43+,44-,45-,46+,47+,48?,51-,52+,53+,54?/m1/s1. The number of hydrogen-bond acceptors (Lipinski definition) is 22. The molecular formula is C54H88O22. The minimum Gasteiger partial charge on any atom is -0.459 e. The lowest BCUT2D eigenvalue weighted by molar-refractivity contribution is -0.388. The van der Waals surface area contributed by atoms with Gasteiger partial charge in [-0.3, -0.25) is 4.79 Å². The molecule has 0 amide bonds. The first-order chi connectivity index (χ1) is 35.7. The van der Waals surface area contributed by atoms with Crippen LogP contribution in [0.3, 0.4) is 0 Å². The molecule has 0 aromatic rings. The molecule has 5 saturated heterocycles. The van der Waals surface area contributed by atoms with Crippen LogP contribution in [0.4, 0.5) is 0 Å². The highest BCUT2D eigenvalue weighted by molar-refractivity contribution is 5.84. The van der Waals surface area contributed by atoms with E-state index in [0.717, 1.165) is 44.9 Å². The van der Waals surface area contributed by atoms with E-state index in [1.165, 1.54) is 19.6 Å². The molecule has 3 unspecified atom stereocenters. The van der Waals surface area contributed by atoms with Crippen LogP contribution >= 0.6 is 0 Å². The molecule has 0 radical (unpaired) electrons. The van der Waals surface area contributed by atoms with Crippen molar-refractivity contribution in [3.63, 3.8) is 0 Å². The number of aliphatic hydroxyl groups excluding tert-OH is 11. The summed E-state index contributed by atoms with van der Waals surface area (Å²) < 4.78 is 60.5. The van der Waals surface area contributed by atoms with Crippen LogP contribution < -0.4 is 0 Å². The van der Waals surface area contributed by atoms with Gasteiger partial charge in [-0.25, -0.2) is 0 Å². The minimum atomic E-state index is -1.90. The van der Waals surface area contributed by atoms with Crippen molar-refractivity contribution >= 4 is 5.97 Å². The fourth-order valence-electron chi connectivity index (χ4n) is 16.2. The second-order valence-corrected chi connectivity index (χ2v) is 25.4. The maximum absolute atomic E-state index is 14.5. The van der Waals surface area contributed by atoms with E-state index >= 15 is 0 Å². The molecule has 1 spiro atoms. The van der Waals surface area contributed by atoms with Gasteiger partial charge in [0, 0.05) is 13.0 Å². The first-order valence-corrected chi connectivity index (χ1v) is 27.8. The highest BCUT2D eigenvalue weighted by Gasteiger charge is 2.79. The van der Waals surface area contributed by atoms with Gasteiger partial charge < -0.3 is 104 Å². The monoisotopic (exact) mass is 1090 g/mol. The van der Waals surface area contributed by atoms with Gasteiger partial charge in [0.05, 0.1) is 38.1 Å². The number of carbonyl (C=O) groups excluding carboxylic acids is 1. The number of carbonyl (C=O) groups is 1. The quantitative estimate of drug-likeness (QED) is 0.0568. The summed E-state index contributed by atoms with van der Waals surface area (Å²) in [5.41, 5.74) is -2.03. The van der Waals surface area contributed by atoms with Crippen LogP contribution in [-0.4, -0.2) is 224 Å². The molecule has 0 aromatic heterocycles. The first kappa shape index (κ1) is 59.0. The van der Waals surface area contributed by atoms with Gasteiger partial charge in [-0.1, -0.05) is 59.6 Å². The van der Waals surface area contributed by atoms with E-state index in [1.54, 1.807) is 0 Å². The Labute approximate surface area is 444 Å². The molecule has 22 heteroatoms. The third-order valence-corrected chi connectivity index (χ3v) is 20.4. The molecule has 0 bridgehead atoms. The Bertz CT molecular complexity index is 2060. The number of esters is 1. The molecule has 5 aliphatic heterocycles. The molecule has 22 nitrogen and oxygen atoms in total. The third-order valence-electron chi connectivity index (χ3n) is 20.4. The first-order valence-electron chi connectivity index (χ1n) is 27.8. The zero-order valence-electron chi connectivity index (χ0n) is 45.4. The number of fused-ring (bicyclic) bond motifs is 4. The molecule has 436 valence electrons. The Morgan fingerprint density at radius 2 is 1.28 bits per heavy atom. The van der Waals surface area contributed by atoms with Crippen molar-refractivity contribution in [1.29, 1.82) is 0 Å². The molecule has 8 fully saturated rings. The SMILES string of the molecule is CO[C@@H]1[C@@H](O)[C@H](O[C@@H]2[C@@H](O)[C@H](O[C@@H]3COC(O[C@H]4CC[C@]5(C)C6=C[C@@H](O)C78C(=O)O[C@@](C)(CCCC(C)C)C7CC[C@@]8(C)[C@@H]6CC[C@H]5C4(C)C)[C@H](O[C@H]4O[C@H](C)[C@@H](O)[C@H](O)[C@H]4O)[C@H]3O)O[C@H](CO)[C@H]2O)O[C@H](CO)[C@H]1O. The van der Waals surface area contributed by atoms with E-state index in [-0.39, 0.29) is 23.7 Å². The smallest absolute Gasteiger partial charge is 0.316 e.